The van der Waals surface area contributed by atoms with Gasteiger partial charge >= 0.3 is 18.1 Å². The average molecular weight is 281 g/mol. The number of aliphatic carboxylic acids is 1. The van der Waals surface area contributed by atoms with Gasteiger partial charge in [0.05, 0.1) is 11.5 Å². The molecule has 108 valence electrons. The van der Waals surface area contributed by atoms with E-state index in [4.69, 9.17) is 4.74 Å². The molecule has 2 heterocycles. The fourth-order valence-electron chi connectivity index (χ4n) is 3.09. The lowest BCUT2D eigenvalue weighted by atomic mass is 9.78. The number of amides is 1. The summed E-state index contributed by atoms with van der Waals surface area (Å²) < 4.78 is 42.9. The molecule has 0 bridgehead atoms. The summed E-state index contributed by atoms with van der Waals surface area (Å²) in [5.74, 6) is -4.06. The van der Waals surface area contributed by atoms with Crippen molar-refractivity contribution in [2.24, 2.45) is 5.92 Å². The van der Waals surface area contributed by atoms with Gasteiger partial charge in [-0.15, -0.1) is 0 Å². The van der Waals surface area contributed by atoms with Crippen molar-refractivity contribution in [2.45, 2.75) is 31.0 Å². The number of carbonyl (C=O) groups is 2. The number of carboxylic acid groups (broad SMARTS) is 1. The zero-order valence-electron chi connectivity index (χ0n) is 10.1. The van der Waals surface area contributed by atoms with Crippen LogP contribution in [0.1, 0.15) is 19.3 Å². The summed E-state index contributed by atoms with van der Waals surface area (Å²) in [5, 5.41) is 9.17. The van der Waals surface area contributed by atoms with Gasteiger partial charge in [0.1, 0.15) is 0 Å². The van der Waals surface area contributed by atoms with E-state index in [-0.39, 0.29) is 39.0 Å². The molecule has 1 amide bonds. The standard InChI is InChI=1S/C11H14F3NO4/c12-11(13,14)9(18)15-4-1-7(8(16)17)10(15)2-5-19-6-3-10/h7H,1-6H2,(H,16,17). The van der Waals surface area contributed by atoms with Crippen molar-refractivity contribution in [1.29, 1.82) is 0 Å². The molecular weight excluding hydrogens is 267 g/mol. The molecule has 0 aromatic rings. The number of likely N-dealkylation sites (tertiary alicyclic amines) is 1. The molecular formula is C11H14F3NO4. The summed E-state index contributed by atoms with van der Waals surface area (Å²) in [6.07, 6.45) is -4.66. The molecule has 1 spiro atoms. The first-order valence-electron chi connectivity index (χ1n) is 5.98. The maximum atomic E-state index is 12.6. The lowest BCUT2D eigenvalue weighted by Gasteiger charge is -2.43. The van der Waals surface area contributed by atoms with Crippen LogP contribution in [0.15, 0.2) is 0 Å². The van der Waals surface area contributed by atoms with Crippen molar-refractivity contribution in [1.82, 2.24) is 4.90 Å². The second-order valence-corrected chi connectivity index (χ2v) is 4.85. The molecule has 1 unspecified atom stereocenters. The van der Waals surface area contributed by atoms with Crippen LogP contribution in [0.5, 0.6) is 0 Å². The Hall–Kier alpha value is -1.31. The largest absolute Gasteiger partial charge is 0.481 e. The van der Waals surface area contributed by atoms with Crippen molar-refractivity contribution in [3.8, 4) is 0 Å². The van der Waals surface area contributed by atoms with E-state index < -0.39 is 29.5 Å². The zero-order chi connectivity index (χ0) is 14.3. The minimum absolute atomic E-state index is 0.0527. The van der Waals surface area contributed by atoms with Gasteiger partial charge in [0, 0.05) is 19.8 Å². The van der Waals surface area contributed by atoms with Gasteiger partial charge in [-0.25, -0.2) is 0 Å². The van der Waals surface area contributed by atoms with Crippen LogP contribution >= 0.6 is 0 Å². The van der Waals surface area contributed by atoms with E-state index in [0.717, 1.165) is 0 Å². The third kappa shape index (κ3) is 2.29. The normalized spacial score (nSPS) is 26.7. The van der Waals surface area contributed by atoms with Crippen LogP contribution in [0.25, 0.3) is 0 Å². The van der Waals surface area contributed by atoms with E-state index in [2.05, 4.69) is 0 Å². The SMILES string of the molecule is O=C(O)C1CCN(C(=O)C(F)(F)F)C12CCOCC2. The highest BCUT2D eigenvalue weighted by atomic mass is 19.4. The number of carboxylic acids is 1. The highest BCUT2D eigenvalue weighted by Gasteiger charge is 2.58. The number of ether oxygens (including phenoxy) is 1. The number of alkyl halides is 3. The van der Waals surface area contributed by atoms with Gasteiger partial charge in [0.15, 0.2) is 0 Å². The monoisotopic (exact) mass is 281 g/mol. The third-order valence-electron chi connectivity index (χ3n) is 3.97. The van der Waals surface area contributed by atoms with Gasteiger partial charge in [-0.05, 0) is 19.3 Å². The number of nitrogens with zero attached hydrogens (tertiary/aromatic N) is 1. The van der Waals surface area contributed by atoms with E-state index in [0.29, 0.717) is 4.90 Å². The smallest absolute Gasteiger partial charge is 0.471 e. The first-order valence-corrected chi connectivity index (χ1v) is 5.98. The van der Waals surface area contributed by atoms with Crippen LogP contribution in [-0.2, 0) is 14.3 Å². The number of hydrogen-bond acceptors (Lipinski definition) is 3. The Labute approximate surface area is 107 Å². The maximum absolute atomic E-state index is 12.6. The molecule has 1 N–H and O–H groups in total. The van der Waals surface area contributed by atoms with Crippen molar-refractivity contribution < 1.29 is 32.6 Å². The Balaban J connectivity index is 2.33. The Morgan fingerprint density at radius 2 is 1.84 bits per heavy atom. The summed E-state index contributed by atoms with van der Waals surface area (Å²) in [6, 6.07) is 0. The van der Waals surface area contributed by atoms with Crippen LogP contribution in [0, 0.1) is 5.92 Å². The van der Waals surface area contributed by atoms with Gasteiger partial charge in [0.2, 0.25) is 0 Å². The van der Waals surface area contributed by atoms with Crippen molar-refractivity contribution in [3.05, 3.63) is 0 Å². The first kappa shape index (κ1) is 14.1. The Kier molecular flexibility index (Phi) is 3.46. The van der Waals surface area contributed by atoms with E-state index in [1.54, 1.807) is 0 Å². The van der Waals surface area contributed by atoms with E-state index in [1.807, 2.05) is 0 Å². The molecule has 0 aromatic carbocycles. The van der Waals surface area contributed by atoms with Gasteiger partial charge in [-0.2, -0.15) is 13.2 Å². The van der Waals surface area contributed by atoms with Crippen molar-refractivity contribution in [2.75, 3.05) is 19.8 Å². The molecule has 1 atom stereocenters. The van der Waals surface area contributed by atoms with Crippen molar-refractivity contribution >= 4 is 11.9 Å². The Bertz CT molecular complexity index is 390. The van der Waals surface area contributed by atoms with E-state index >= 15 is 0 Å². The highest BCUT2D eigenvalue weighted by molar-refractivity contribution is 5.85. The number of halogens is 3. The van der Waals surface area contributed by atoms with Crippen LogP contribution in [-0.4, -0.2) is 53.4 Å². The molecule has 8 heteroatoms. The summed E-state index contributed by atoms with van der Waals surface area (Å²) >= 11 is 0. The summed E-state index contributed by atoms with van der Waals surface area (Å²) in [6.45, 7) is 0.173. The summed E-state index contributed by atoms with van der Waals surface area (Å²) in [7, 11) is 0. The van der Waals surface area contributed by atoms with Crippen LogP contribution in [0.4, 0.5) is 13.2 Å². The van der Waals surface area contributed by atoms with Gasteiger partial charge < -0.3 is 14.7 Å². The molecule has 0 aromatic heterocycles. The van der Waals surface area contributed by atoms with Crippen LogP contribution in [0.3, 0.4) is 0 Å². The summed E-state index contributed by atoms with van der Waals surface area (Å²) in [5.41, 5.74) is -1.25. The summed E-state index contributed by atoms with van der Waals surface area (Å²) in [4.78, 5) is 23.4. The quantitative estimate of drug-likeness (QED) is 0.779. The molecule has 5 nitrogen and oxygen atoms in total. The highest BCUT2D eigenvalue weighted by Crippen LogP contribution is 2.44. The second-order valence-electron chi connectivity index (χ2n) is 4.85. The van der Waals surface area contributed by atoms with Crippen LogP contribution in [0.2, 0.25) is 0 Å². The fraction of sp³-hybridized carbons (Fsp3) is 0.818. The topological polar surface area (TPSA) is 66.8 Å². The predicted molar refractivity (Wildman–Crippen MR) is 56.3 cm³/mol. The maximum Gasteiger partial charge on any atom is 0.471 e. The van der Waals surface area contributed by atoms with E-state index in [9.17, 15) is 27.9 Å². The molecule has 19 heavy (non-hydrogen) atoms. The third-order valence-corrected chi connectivity index (χ3v) is 3.97. The van der Waals surface area contributed by atoms with Crippen LogP contribution < -0.4 is 0 Å². The molecule has 2 fully saturated rings. The lowest BCUT2D eigenvalue weighted by Crippen LogP contribution is -2.58. The zero-order valence-corrected chi connectivity index (χ0v) is 10.1. The lowest BCUT2D eigenvalue weighted by molar-refractivity contribution is -0.194. The first-order chi connectivity index (χ1) is 8.79. The molecule has 2 rings (SSSR count). The second kappa shape index (κ2) is 4.66. The Morgan fingerprint density at radius 1 is 1.26 bits per heavy atom. The molecule has 2 saturated heterocycles. The van der Waals surface area contributed by atoms with Gasteiger partial charge in [-0.1, -0.05) is 0 Å². The van der Waals surface area contributed by atoms with Crippen molar-refractivity contribution in [3.63, 3.8) is 0 Å². The fourth-order valence-corrected chi connectivity index (χ4v) is 3.09. The average Bonchev–Trinajstić information content (AvgIpc) is 2.66. The molecule has 2 aliphatic rings. The number of carbonyl (C=O) groups excluding carboxylic acids is 1. The minimum Gasteiger partial charge on any atom is -0.481 e. The predicted octanol–water partition coefficient (Wildman–Crippen LogP) is 1.03. The molecule has 0 aliphatic carbocycles. The van der Waals surface area contributed by atoms with Gasteiger partial charge in [-0.3, -0.25) is 9.59 Å². The molecule has 2 aliphatic heterocycles. The number of rotatable bonds is 1. The minimum atomic E-state index is -4.97. The van der Waals surface area contributed by atoms with Gasteiger partial charge in [0.25, 0.3) is 0 Å². The molecule has 0 radical (unpaired) electrons. The Morgan fingerprint density at radius 3 is 2.32 bits per heavy atom. The number of hydrogen-bond donors (Lipinski definition) is 1. The molecule has 0 saturated carbocycles. The van der Waals surface area contributed by atoms with E-state index in [1.165, 1.54) is 0 Å².